The van der Waals surface area contributed by atoms with Crippen LogP contribution in [0.5, 0.6) is 11.5 Å². The van der Waals surface area contributed by atoms with Crippen molar-refractivity contribution in [3.63, 3.8) is 0 Å². The molecule has 0 aliphatic heterocycles. The summed E-state index contributed by atoms with van der Waals surface area (Å²) in [5.74, 6) is 1.98. The number of halogens is 33. The molecule has 8 aromatic heterocycles. The molecule has 0 radical (unpaired) electrons. The van der Waals surface area contributed by atoms with Gasteiger partial charge in [0.05, 0.1) is 69.7 Å². The summed E-state index contributed by atoms with van der Waals surface area (Å²) < 4.78 is 179. The minimum Gasteiger partial charge on any atom is -0.374 e. The van der Waals surface area contributed by atoms with E-state index < -0.39 is 58.2 Å². The van der Waals surface area contributed by atoms with Crippen molar-refractivity contribution in [1.29, 1.82) is 0 Å². The third kappa shape index (κ3) is 37.8. The van der Waals surface area contributed by atoms with Gasteiger partial charge >= 0.3 is 256 Å². The molecule has 8 heterocycles. The normalized spacial score (nSPS) is 14.3. The van der Waals surface area contributed by atoms with Crippen molar-refractivity contribution in [2.24, 2.45) is 0 Å². The summed E-state index contributed by atoms with van der Waals surface area (Å²) in [5.41, 5.74) is 5.99. The minimum absolute atomic E-state index is 0.0670. The van der Waals surface area contributed by atoms with Crippen LogP contribution in [0.25, 0.3) is 86.4 Å². The first-order chi connectivity index (χ1) is 63.8. The molecule has 17 rings (SSSR count). The number of rotatable bonds is 23. The van der Waals surface area contributed by atoms with E-state index in [1.165, 1.54) is 58.3 Å². The first kappa shape index (κ1) is 122. The van der Waals surface area contributed by atoms with Gasteiger partial charge in [0, 0.05) is 109 Å². The van der Waals surface area contributed by atoms with Crippen molar-refractivity contribution in [3.05, 3.63) is 158 Å². The molecular weight excluding hydrogens is 4070 g/mol. The Morgan fingerprint density at radius 3 is 1.04 bits per heavy atom. The zero-order valence-corrected chi connectivity index (χ0v) is 116. The predicted octanol–water partition coefficient (Wildman–Crippen LogP) is 35.2. The van der Waals surface area contributed by atoms with Gasteiger partial charge in [-0.2, -0.15) is 52.7 Å². The second-order valence-electron chi connectivity index (χ2n) is 30.8. The predicted molar refractivity (Wildman–Crippen MR) is 676 cm³/mol. The fourth-order valence-corrected chi connectivity index (χ4v) is 17.6. The number of methoxy groups -OCH3 is 2. The van der Waals surface area contributed by atoms with Gasteiger partial charge in [0.1, 0.15) is 34.3 Å². The average Bonchev–Trinajstić information content (AvgIpc) is 1.63. The van der Waals surface area contributed by atoms with E-state index in [9.17, 15) is 62.9 Å². The van der Waals surface area contributed by atoms with Crippen LogP contribution in [0.1, 0.15) is 166 Å². The number of pyridine rings is 4. The largest absolute Gasteiger partial charge is 0.418 e. The molecule has 5 aromatic carbocycles. The molecule has 4 saturated carbocycles. The van der Waals surface area contributed by atoms with Crippen LogP contribution < -0.4 is 44.4 Å². The maximum absolute atomic E-state index is 14.4. The van der Waals surface area contributed by atoms with E-state index in [1.807, 2.05) is 12.1 Å². The molecule has 0 spiro atoms. The number of hydrogen-bond donors (Lipinski definition) is 6. The van der Waals surface area contributed by atoms with Crippen molar-refractivity contribution in [3.8, 4) is 54.3 Å². The summed E-state index contributed by atoms with van der Waals surface area (Å²) in [5, 5.41) is 65.7. The van der Waals surface area contributed by atoms with E-state index in [2.05, 4.69) is 364 Å². The molecule has 0 atom stereocenters. The Kier molecular flexibility index (Phi) is 49.6. The van der Waals surface area contributed by atoms with Crippen molar-refractivity contribution in [1.82, 2.24) is 60.7 Å². The number of nitrogen functional groups attached to an aromatic ring is 1. The quantitative estimate of drug-likeness (QED) is 0.0256. The van der Waals surface area contributed by atoms with E-state index >= 15 is 0 Å². The van der Waals surface area contributed by atoms with Gasteiger partial charge in [-0.25, -0.2) is 19.9 Å². The van der Waals surface area contributed by atoms with Crippen LogP contribution in [0.2, 0.25) is 0 Å². The van der Waals surface area contributed by atoms with Gasteiger partial charge in [-0.05, 0) is 239 Å². The Labute approximate surface area is 975 Å². The number of nitrogens with zero attached hydrogens (tertiary/aromatic N) is 12. The van der Waals surface area contributed by atoms with Crippen molar-refractivity contribution >= 4 is 429 Å². The van der Waals surface area contributed by atoms with Gasteiger partial charge in [0.25, 0.3) is 0 Å². The Morgan fingerprint density at radius 1 is 0.434 bits per heavy atom. The molecule has 4 aliphatic rings. The molecule has 0 saturated heterocycles. The summed E-state index contributed by atoms with van der Waals surface area (Å²) in [6, 6.07) is 24.3. The van der Waals surface area contributed by atoms with Crippen molar-refractivity contribution in [2.45, 2.75) is 158 Å². The summed E-state index contributed by atoms with van der Waals surface area (Å²) in [6.07, 6.45) is -9.74. The van der Waals surface area contributed by atoms with E-state index in [1.54, 1.807) is 96.5 Å². The van der Waals surface area contributed by atoms with Crippen molar-refractivity contribution in [2.75, 3.05) is 49.0 Å². The molecule has 57 heteroatoms. The first-order valence-corrected chi connectivity index (χ1v) is 127. The number of nitrogens with two attached hydrogens (primary N) is 1. The molecule has 136 heavy (non-hydrogen) atoms. The van der Waals surface area contributed by atoms with Crippen LogP contribution in [0, 0.1) is 0 Å². The van der Waals surface area contributed by atoms with E-state index in [0.717, 1.165) is 73.8 Å². The maximum atomic E-state index is 14.4. The summed E-state index contributed by atoms with van der Waals surface area (Å²) >= 11 is 48.6. The molecule has 7 N–H and O–H groups in total. The molecule has 746 valence electrons. The summed E-state index contributed by atoms with van der Waals surface area (Å²) in [6.45, 7) is 8.09. The second-order valence-corrected chi connectivity index (χ2v) is 250. The summed E-state index contributed by atoms with van der Waals surface area (Å²) in [4.78, 5) is 17.2. The van der Waals surface area contributed by atoms with Gasteiger partial charge in [-0.3, -0.25) is 0 Å². The number of hydrogen-bond acceptors (Lipinski definition) is 24. The van der Waals surface area contributed by atoms with E-state index in [0.29, 0.717) is 166 Å². The Balaban J connectivity index is 0.000000180. The number of alkyl halides is 12. The zero-order valence-electron chi connectivity index (χ0n) is 69.9. The first-order valence-electron chi connectivity index (χ1n) is 38.8. The van der Waals surface area contributed by atoms with Gasteiger partial charge in [-0.1, -0.05) is 93.1 Å². The Morgan fingerprint density at radius 2 is 0.750 bits per heavy atom. The third-order valence-corrected chi connectivity index (χ3v) is 273. The zero-order chi connectivity index (χ0) is 100. The smallest absolute Gasteiger partial charge is 0.374 e. The van der Waals surface area contributed by atoms with Crippen LogP contribution in [0.4, 0.5) is 73.8 Å². The topological polar surface area (TPSA) is 276 Å². The van der Waals surface area contributed by atoms with Crippen LogP contribution in [-0.2, 0) is 31.2 Å². The van der Waals surface area contributed by atoms with Crippen LogP contribution >= 0.6 is 364 Å². The van der Waals surface area contributed by atoms with Crippen LogP contribution in [0.3, 0.4) is 0 Å². The summed E-state index contributed by atoms with van der Waals surface area (Å²) in [7, 11) is 1.89. The van der Waals surface area contributed by atoms with Gasteiger partial charge in [0.2, 0.25) is 15.4 Å². The van der Waals surface area contributed by atoms with Crippen molar-refractivity contribution < 1.29 is 85.6 Å². The van der Waals surface area contributed by atoms with Crippen LogP contribution in [-0.4, -0.2) is 109 Å². The molecule has 20 nitrogen and oxygen atoms in total. The number of aliphatic hydroxyl groups is 2. The maximum Gasteiger partial charge on any atom is 0.418 e. The number of anilines is 4. The molecule has 0 bridgehead atoms. The fraction of sp³-hybridized carbons (Fsp3) is 0.367. The standard InChI is InChI=1S/C29H32F3N5O3S.C20H20BrF3N4OS.C15H8Br2F3N3S.C15H10BrF3N4S.I6.I5.I4.I2/c1-28(2,38)9-10-33-27-37-36-26(41-27)23-14-22(34-15-17-7-8-19(39-3)13-24(17)40-4)20-11-18(16-5-6-16)12-21(25(20)35-23)29(30,31)32;1-19(2,29)5-6-25-18-28-27-17(30-18)15-9-14(21)12-7-11(10-3-4-10)8-13(16(12)26-15)20(22,23)24;16-10-5-11(13-22-23-14(17)24-13)21-12-8(10)3-7(6-1-2-6)4-9(12)15(18,19)20;16-10-5-11(13-22-23-14(20)24-13)21-12-8(10)3-7(6-1-2-6)4-9(12)15(17,18)19;1-5(2)6(3)4;1-4-5(2)3;1-4(2)3;1-2/h7-8,11-14,16,38H,5-6,9-10,15H2,1-4H3,(H,33,37)(H,34,35);7-10,29H,3-6H2,1-2H3,(H,25,28);3-6H,1-2H2;3-6H,1-2H2,(H2,20,23);;;;/q;;;;;-1;;. The number of aromatic nitrogens is 12. The number of nitrogens with one attached hydrogen (secondary N) is 3. The van der Waals surface area contributed by atoms with Gasteiger partial charge in [-0.15, -0.1) is 40.8 Å². The second kappa shape index (κ2) is 55.3. The van der Waals surface area contributed by atoms with Gasteiger partial charge in [0.15, 0.2) is 23.9 Å². The molecule has 0 amide bonds. The molecular formula is C79H70Br4F12I17N16O4S4-. The number of ether oxygens (including phenoxy) is 2. The van der Waals surface area contributed by atoms with Crippen LogP contribution in [0.15, 0.2) is 108 Å². The number of fused-ring (bicyclic) bond motifs is 4. The van der Waals surface area contributed by atoms with E-state index in [-0.39, 0.29) is 88.1 Å². The van der Waals surface area contributed by atoms with Gasteiger partial charge < -0.3 is 41.4 Å². The molecule has 4 aliphatic carbocycles. The monoisotopic (exact) mass is 4140 g/mol. The Hall–Kier alpha value is 4.19. The van der Waals surface area contributed by atoms with E-state index in [4.69, 9.17) is 15.2 Å². The number of benzene rings is 5. The molecule has 13 aromatic rings. The third-order valence-electron chi connectivity index (χ3n) is 19.7. The molecule has 4 fully saturated rings. The fourth-order valence-electron chi connectivity index (χ4n) is 12.9. The Bertz CT molecular complexity index is 6120. The molecule has 0 unspecified atom stereocenters. The SMILES string of the molecule is CC(C)(O)CCNc1nnc(-c2cc(Br)c3cc(C4CC4)cc(C(F)(F)F)c3n2)s1.COc1ccc(CNc2cc(-c3nnc(NCCC(C)(C)O)s3)nc3c(C(F)(F)F)cc(C4CC4)cc23)c(OC)c1.FC(F)(F)c1cc(C2CC2)cc2c(Br)cc(-c3nnc(Br)s3)nc12.II.II(I)I.II(I)I(I)I.I[I-]I(I)I.Nc1nnc(-c2cc(Br)c3cc(C4CC4)cc(C(F)(F)F)c3n2)s1. The average molecular weight is 4140 g/mol. The minimum atomic E-state index is -4.59.